The number of para-hydroxylation sites is 1. The highest BCUT2D eigenvalue weighted by Gasteiger charge is 2.02. The third-order valence-electron chi connectivity index (χ3n) is 1.49. The Balaban J connectivity index is 0. The maximum absolute atomic E-state index is 13.0. The van der Waals surface area contributed by atoms with Crippen LogP contribution >= 0.6 is 0 Å². The van der Waals surface area contributed by atoms with Gasteiger partial charge >= 0.3 is 0 Å². The molecule has 1 aromatic carbocycles. The van der Waals surface area contributed by atoms with Crippen molar-refractivity contribution in [3.8, 4) is 0 Å². The normalized spacial score (nSPS) is 11.6. The smallest absolute Gasteiger partial charge is 0.147 e. The van der Waals surface area contributed by atoms with E-state index < -0.39 is 11.0 Å². The summed E-state index contributed by atoms with van der Waals surface area (Å²) < 4.78 is 26.8. The largest absolute Gasteiger partial charge is 0.412 e. The molecule has 0 radical (unpaired) electrons. The van der Waals surface area contributed by atoms with Crippen LogP contribution in [0.2, 0.25) is 0 Å². The van der Waals surface area contributed by atoms with Crippen LogP contribution < -0.4 is 4.72 Å². The van der Waals surface area contributed by atoms with Gasteiger partial charge in [0.05, 0.1) is 5.69 Å². The van der Waals surface area contributed by atoms with Crippen molar-refractivity contribution in [3.63, 3.8) is 0 Å². The molecule has 0 spiro atoms. The van der Waals surface area contributed by atoms with Gasteiger partial charge in [0.25, 0.3) is 0 Å². The third-order valence-corrected chi connectivity index (χ3v) is 2.71. The lowest BCUT2D eigenvalue weighted by molar-refractivity contribution is 0.631. The van der Waals surface area contributed by atoms with Gasteiger partial charge in [-0.05, 0) is 18.6 Å². The topological polar surface area (TPSA) is 60.6 Å². The van der Waals surface area contributed by atoms with Crippen LogP contribution in [0.5, 0.6) is 0 Å². The number of hydrogen-bond acceptors (Lipinski definition) is 1. The summed E-state index contributed by atoms with van der Waals surface area (Å²) in [5.41, 5.74) is 0.300. The molecule has 14 heavy (non-hydrogen) atoms. The van der Waals surface area contributed by atoms with Gasteiger partial charge in [-0.15, -0.1) is 0 Å². The number of halogens is 1. The van der Waals surface area contributed by atoms with Crippen LogP contribution in [0.15, 0.2) is 24.3 Å². The first-order valence-corrected chi connectivity index (χ1v) is 5.45. The predicted octanol–water partition coefficient (Wildman–Crippen LogP) is 1.73. The van der Waals surface area contributed by atoms with Crippen LogP contribution in [0.3, 0.4) is 0 Å². The number of hydrogen-bond donors (Lipinski definition) is 1. The molecule has 3 N–H and O–H groups in total. The maximum atomic E-state index is 13.0. The SMILES string of the molecule is CCCS(=O)Nc1ccccc1F.O.[HH]. The fourth-order valence-electron chi connectivity index (χ4n) is 0.903. The van der Waals surface area contributed by atoms with E-state index in [-0.39, 0.29) is 12.7 Å². The fraction of sp³-hybridized carbons (Fsp3) is 0.333. The van der Waals surface area contributed by atoms with Crippen molar-refractivity contribution in [3.05, 3.63) is 30.1 Å². The quantitative estimate of drug-likeness (QED) is 0.827. The second-order valence-corrected chi connectivity index (χ2v) is 3.93. The van der Waals surface area contributed by atoms with E-state index in [9.17, 15) is 8.60 Å². The minimum absolute atomic E-state index is 0. The summed E-state index contributed by atoms with van der Waals surface area (Å²) in [6, 6.07) is 6.21. The minimum Gasteiger partial charge on any atom is -0.412 e. The molecule has 1 aromatic rings. The van der Waals surface area contributed by atoms with Gasteiger partial charge in [0, 0.05) is 7.18 Å². The Labute approximate surface area is 86.7 Å². The first-order chi connectivity index (χ1) is 6.24. The molecular formula is C9H16FNO2S. The molecule has 0 saturated heterocycles. The standard InChI is InChI=1S/C9H12FNOS.H2O.H2/c1-2-7-13(12)11-9-6-4-3-5-8(9)10;;/h3-6,11H,2,7H2,1H3;1H2;1H. The molecule has 0 bridgehead atoms. The average Bonchev–Trinajstić information content (AvgIpc) is 2.09. The van der Waals surface area contributed by atoms with Gasteiger partial charge in [-0.25, -0.2) is 8.60 Å². The molecule has 0 heterocycles. The molecule has 0 aliphatic rings. The summed E-state index contributed by atoms with van der Waals surface area (Å²) in [6.45, 7) is 1.93. The fourth-order valence-corrected chi connectivity index (χ4v) is 1.79. The van der Waals surface area contributed by atoms with E-state index in [1.54, 1.807) is 18.2 Å². The van der Waals surface area contributed by atoms with Gasteiger partial charge in [0.1, 0.15) is 16.8 Å². The molecule has 0 fully saturated rings. The Hall–Kier alpha value is -0.940. The van der Waals surface area contributed by atoms with E-state index >= 15 is 0 Å². The molecule has 0 aliphatic heterocycles. The molecule has 0 amide bonds. The van der Waals surface area contributed by atoms with E-state index in [1.165, 1.54) is 6.07 Å². The molecule has 0 aliphatic carbocycles. The van der Waals surface area contributed by atoms with Crippen molar-refractivity contribution < 1.29 is 15.5 Å². The lowest BCUT2D eigenvalue weighted by atomic mass is 10.3. The van der Waals surface area contributed by atoms with Crippen molar-refractivity contribution >= 4 is 16.7 Å². The molecule has 1 atom stereocenters. The van der Waals surface area contributed by atoms with Crippen molar-refractivity contribution in [2.24, 2.45) is 0 Å². The summed E-state index contributed by atoms with van der Waals surface area (Å²) >= 11 is 0. The lowest BCUT2D eigenvalue weighted by Crippen LogP contribution is -2.08. The van der Waals surface area contributed by atoms with Crippen molar-refractivity contribution in [1.82, 2.24) is 0 Å². The van der Waals surface area contributed by atoms with Crippen molar-refractivity contribution in [1.29, 1.82) is 0 Å². The number of nitrogens with one attached hydrogen (secondary N) is 1. The molecular weight excluding hydrogens is 205 g/mol. The van der Waals surface area contributed by atoms with Crippen LogP contribution in [0.1, 0.15) is 14.8 Å². The van der Waals surface area contributed by atoms with Gasteiger partial charge in [-0.2, -0.15) is 0 Å². The van der Waals surface area contributed by atoms with Crippen LogP contribution in [0.4, 0.5) is 10.1 Å². The zero-order valence-corrected chi connectivity index (χ0v) is 8.73. The maximum Gasteiger partial charge on any atom is 0.147 e. The van der Waals surface area contributed by atoms with E-state index in [0.717, 1.165) is 6.42 Å². The highest BCUT2D eigenvalue weighted by molar-refractivity contribution is 7.86. The first kappa shape index (κ1) is 13.1. The van der Waals surface area contributed by atoms with Gasteiger partial charge in [-0.1, -0.05) is 19.1 Å². The molecule has 82 valence electrons. The minimum atomic E-state index is -1.17. The zero-order valence-electron chi connectivity index (χ0n) is 7.92. The van der Waals surface area contributed by atoms with E-state index in [0.29, 0.717) is 11.4 Å². The number of rotatable bonds is 4. The third kappa shape index (κ3) is 3.85. The Morgan fingerprint density at radius 3 is 2.71 bits per heavy atom. The molecule has 0 aromatic heterocycles. The Morgan fingerprint density at radius 2 is 2.14 bits per heavy atom. The second-order valence-electron chi connectivity index (χ2n) is 2.63. The van der Waals surface area contributed by atoms with E-state index in [4.69, 9.17) is 0 Å². The zero-order chi connectivity index (χ0) is 9.68. The van der Waals surface area contributed by atoms with Crippen molar-refractivity contribution in [2.75, 3.05) is 10.5 Å². The van der Waals surface area contributed by atoms with Crippen LogP contribution in [-0.4, -0.2) is 15.4 Å². The van der Waals surface area contributed by atoms with E-state index in [2.05, 4.69) is 4.72 Å². The van der Waals surface area contributed by atoms with Crippen LogP contribution in [-0.2, 0) is 11.0 Å². The highest BCUT2D eigenvalue weighted by atomic mass is 32.2. The van der Waals surface area contributed by atoms with Gasteiger partial charge in [0.15, 0.2) is 0 Å². The van der Waals surface area contributed by atoms with Gasteiger partial charge in [-0.3, -0.25) is 0 Å². The summed E-state index contributed by atoms with van der Waals surface area (Å²) in [7, 11) is -1.17. The Morgan fingerprint density at radius 1 is 1.50 bits per heavy atom. The summed E-state index contributed by atoms with van der Waals surface area (Å²) in [4.78, 5) is 0. The number of anilines is 1. The summed E-state index contributed by atoms with van der Waals surface area (Å²) in [6.07, 6.45) is 0.814. The molecule has 1 unspecified atom stereocenters. The summed E-state index contributed by atoms with van der Waals surface area (Å²) in [5, 5.41) is 0. The monoisotopic (exact) mass is 221 g/mol. The lowest BCUT2D eigenvalue weighted by Gasteiger charge is -2.05. The van der Waals surface area contributed by atoms with Gasteiger partial charge < -0.3 is 10.2 Å². The molecule has 0 saturated carbocycles. The first-order valence-electron chi connectivity index (χ1n) is 4.13. The Bertz CT molecular complexity index is 312. The molecule has 3 nitrogen and oxygen atoms in total. The molecule has 1 rings (SSSR count). The van der Waals surface area contributed by atoms with Crippen LogP contribution in [0.25, 0.3) is 0 Å². The average molecular weight is 221 g/mol. The predicted molar refractivity (Wildman–Crippen MR) is 59.1 cm³/mol. The molecule has 5 heteroatoms. The van der Waals surface area contributed by atoms with E-state index in [1.807, 2.05) is 6.92 Å². The second kappa shape index (κ2) is 6.50. The van der Waals surface area contributed by atoms with Crippen LogP contribution in [0, 0.1) is 5.82 Å². The van der Waals surface area contributed by atoms with Gasteiger partial charge in [0.2, 0.25) is 0 Å². The Kier molecular flexibility index (Phi) is 6.07. The van der Waals surface area contributed by atoms with Crippen molar-refractivity contribution in [2.45, 2.75) is 13.3 Å². The number of benzene rings is 1. The highest BCUT2D eigenvalue weighted by Crippen LogP contribution is 2.12. The summed E-state index contributed by atoms with van der Waals surface area (Å²) in [5.74, 6) is 0.167.